The number of carbonyl (C=O) groups is 1. The first kappa shape index (κ1) is 19.2. The Balaban J connectivity index is 2.41. The largest absolute Gasteiger partial charge is 0.468 e. The molecule has 0 amide bonds. The summed E-state index contributed by atoms with van der Waals surface area (Å²) in [5.74, 6) is -0.332. The number of hydrogen-bond acceptors (Lipinski definition) is 5. The van der Waals surface area contributed by atoms with E-state index in [0.29, 0.717) is 23.6 Å². The first-order valence-corrected chi connectivity index (χ1v) is 9.14. The average molecular weight is 360 g/mol. The number of methoxy groups -OCH3 is 1. The van der Waals surface area contributed by atoms with Crippen molar-refractivity contribution >= 4 is 17.7 Å². The lowest BCUT2D eigenvalue weighted by atomic mass is 10.0. The van der Waals surface area contributed by atoms with E-state index in [0.717, 1.165) is 11.3 Å². The van der Waals surface area contributed by atoms with Crippen molar-refractivity contribution in [1.29, 1.82) is 0 Å². The van der Waals surface area contributed by atoms with Crippen LogP contribution in [-0.4, -0.2) is 27.9 Å². The molecule has 0 unspecified atom stereocenters. The number of rotatable bonds is 6. The Bertz CT molecular complexity index is 830. The van der Waals surface area contributed by atoms with Crippen molar-refractivity contribution in [2.75, 3.05) is 7.11 Å². The number of aryl methyl sites for hydroxylation is 2. The highest BCUT2D eigenvalue weighted by Crippen LogP contribution is 2.22. The number of nitrogens with zero attached hydrogens (tertiary/aromatic N) is 2. The molecule has 25 heavy (non-hydrogen) atoms. The highest BCUT2D eigenvalue weighted by molar-refractivity contribution is 8.00. The monoisotopic (exact) mass is 360 g/mol. The van der Waals surface area contributed by atoms with Crippen LogP contribution in [0.3, 0.4) is 0 Å². The summed E-state index contributed by atoms with van der Waals surface area (Å²) in [6.45, 7) is 5.77. The molecule has 134 valence electrons. The van der Waals surface area contributed by atoms with Crippen molar-refractivity contribution in [3.63, 3.8) is 0 Å². The van der Waals surface area contributed by atoms with E-state index in [1.54, 1.807) is 14.0 Å². The van der Waals surface area contributed by atoms with Crippen molar-refractivity contribution in [2.45, 2.75) is 44.0 Å². The zero-order valence-electron chi connectivity index (χ0n) is 15.3. The van der Waals surface area contributed by atoms with Gasteiger partial charge in [0.15, 0.2) is 5.16 Å². The summed E-state index contributed by atoms with van der Waals surface area (Å²) in [6.07, 6.45) is 1.22. The number of aromatic nitrogens is 2. The predicted octanol–water partition coefficient (Wildman–Crippen LogP) is 2.90. The zero-order chi connectivity index (χ0) is 18.6. The number of benzene rings is 1. The van der Waals surface area contributed by atoms with Crippen molar-refractivity contribution in [2.24, 2.45) is 7.05 Å². The van der Waals surface area contributed by atoms with Gasteiger partial charge in [-0.1, -0.05) is 48.5 Å². The predicted molar refractivity (Wildman–Crippen MR) is 100 cm³/mol. The Hall–Kier alpha value is -2.08. The molecule has 0 bridgehead atoms. The summed E-state index contributed by atoms with van der Waals surface area (Å²) in [5, 5.41) is 0.114. The Morgan fingerprint density at radius 3 is 2.72 bits per heavy atom. The molecule has 1 aromatic heterocycles. The molecule has 2 rings (SSSR count). The van der Waals surface area contributed by atoms with Crippen LogP contribution in [0.2, 0.25) is 0 Å². The van der Waals surface area contributed by atoms with Gasteiger partial charge in [0.2, 0.25) is 0 Å². The van der Waals surface area contributed by atoms with E-state index in [1.807, 2.05) is 32.0 Å². The molecule has 5 nitrogen and oxygen atoms in total. The molecule has 0 saturated carbocycles. The van der Waals surface area contributed by atoms with Gasteiger partial charge in [-0.25, -0.2) is 4.98 Å². The van der Waals surface area contributed by atoms with E-state index < -0.39 is 5.25 Å². The van der Waals surface area contributed by atoms with Gasteiger partial charge in [-0.15, -0.1) is 0 Å². The van der Waals surface area contributed by atoms with E-state index >= 15 is 0 Å². The first-order chi connectivity index (χ1) is 11.9. The van der Waals surface area contributed by atoms with Gasteiger partial charge in [-0.05, 0) is 25.8 Å². The lowest BCUT2D eigenvalue weighted by molar-refractivity contribution is -0.139. The quantitative estimate of drug-likeness (QED) is 0.450. The minimum absolute atomic E-state index is 0.0621. The van der Waals surface area contributed by atoms with Crippen LogP contribution >= 0.6 is 11.8 Å². The number of hydrogen-bond donors (Lipinski definition) is 0. The van der Waals surface area contributed by atoms with Crippen LogP contribution in [0.4, 0.5) is 0 Å². The summed E-state index contributed by atoms with van der Waals surface area (Å²) >= 11 is 1.24. The number of thioether (sulfide) groups is 1. The molecule has 2 aromatic rings. The summed E-state index contributed by atoms with van der Waals surface area (Å²) in [5.41, 5.74) is 3.69. The lowest BCUT2D eigenvalue weighted by Gasteiger charge is -2.15. The maximum Gasteiger partial charge on any atom is 0.318 e. The Labute approximate surface area is 152 Å². The van der Waals surface area contributed by atoms with E-state index in [2.05, 4.69) is 11.1 Å². The molecule has 1 atom stereocenters. The topological polar surface area (TPSA) is 61.2 Å². The molecule has 0 saturated heterocycles. The third-order valence-electron chi connectivity index (χ3n) is 4.04. The van der Waals surface area contributed by atoms with Crippen LogP contribution in [0.15, 0.2) is 34.2 Å². The fraction of sp³-hybridized carbons (Fsp3) is 0.421. The molecule has 1 aromatic carbocycles. The molecule has 6 heteroatoms. The number of esters is 1. The third kappa shape index (κ3) is 4.51. The van der Waals surface area contributed by atoms with E-state index in [4.69, 9.17) is 4.74 Å². The molecule has 0 spiro atoms. The fourth-order valence-electron chi connectivity index (χ4n) is 2.64. The maximum atomic E-state index is 12.9. The molecule has 0 aliphatic heterocycles. The highest BCUT2D eigenvalue weighted by atomic mass is 32.2. The molecular weight excluding hydrogens is 336 g/mol. The van der Waals surface area contributed by atoms with Crippen LogP contribution in [-0.2, 0) is 29.4 Å². The Morgan fingerprint density at radius 2 is 2.12 bits per heavy atom. The summed E-state index contributed by atoms with van der Waals surface area (Å²) < 4.78 is 6.27. The van der Waals surface area contributed by atoms with Crippen molar-refractivity contribution < 1.29 is 9.53 Å². The number of carbonyl (C=O) groups excluding carboxylic acids is 1. The van der Waals surface area contributed by atoms with Gasteiger partial charge >= 0.3 is 5.97 Å². The van der Waals surface area contributed by atoms with Gasteiger partial charge < -0.3 is 4.74 Å². The van der Waals surface area contributed by atoms with Gasteiger partial charge in [0.25, 0.3) is 5.56 Å². The smallest absolute Gasteiger partial charge is 0.318 e. The fourth-order valence-corrected chi connectivity index (χ4v) is 3.56. The van der Waals surface area contributed by atoms with Gasteiger partial charge in [0.1, 0.15) is 5.25 Å². The van der Waals surface area contributed by atoms with E-state index in [9.17, 15) is 9.59 Å². The molecule has 1 heterocycles. The Kier molecular flexibility index (Phi) is 6.42. The van der Waals surface area contributed by atoms with Crippen molar-refractivity contribution in [3.05, 3.63) is 57.0 Å². The molecular formula is C19H24N2O3S. The van der Waals surface area contributed by atoms with Gasteiger partial charge in [0.05, 0.1) is 12.8 Å². The highest BCUT2D eigenvalue weighted by Gasteiger charge is 2.20. The van der Waals surface area contributed by atoms with Crippen LogP contribution in [0.5, 0.6) is 0 Å². The molecule has 0 radical (unpaired) electrons. The maximum absolute atomic E-state index is 12.9. The second kappa shape index (κ2) is 8.34. The van der Waals surface area contributed by atoms with Crippen LogP contribution in [0, 0.1) is 6.92 Å². The van der Waals surface area contributed by atoms with Gasteiger partial charge in [0, 0.05) is 19.0 Å². The van der Waals surface area contributed by atoms with Crippen molar-refractivity contribution in [3.8, 4) is 0 Å². The number of ether oxygens (including phenoxy) is 1. The van der Waals surface area contributed by atoms with Crippen LogP contribution in [0.1, 0.15) is 36.2 Å². The minimum Gasteiger partial charge on any atom is -0.468 e. The molecule has 0 aliphatic carbocycles. The third-order valence-corrected chi connectivity index (χ3v) is 5.16. The molecule has 0 N–H and O–H groups in total. The lowest BCUT2D eigenvalue weighted by Crippen LogP contribution is -2.27. The second-order valence-electron chi connectivity index (χ2n) is 5.99. The average Bonchev–Trinajstić information content (AvgIpc) is 2.60. The van der Waals surface area contributed by atoms with E-state index in [-0.39, 0.29) is 11.5 Å². The second-order valence-corrected chi connectivity index (χ2v) is 7.29. The van der Waals surface area contributed by atoms with Crippen LogP contribution in [0.25, 0.3) is 0 Å². The zero-order valence-corrected chi connectivity index (χ0v) is 16.1. The normalized spacial score (nSPS) is 12.0. The van der Waals surface area contributed by atoms with Crippen molar-refractivity contribution in [1.82, 2.24) is 9.55 Å². The molecule has 0 aliphatic rings. The standard InChI is InChI=1S/C19H24N2O3S/c1-6-16-15(11-14-9-7-8-12(2)10-14)17(22)21(4)19(20-16)25-13(3)18(23)24-5/h7-10,13H,6,11H2,1-5H3/t13-/m0/s1. The SMILES string of the molecule is CCc1nc(S[C@@H](C)C(=O)OC)n(C)c(=O)c1Cc1cccc(C)c1. The molecule has 0 fully saturated rings. The van der Waals surface area contributed by atoms with Gasteiger partial charge in [-0.3, -0.25) is 14.2 Å². The summed E-state index contributed by atoms with van der Waals surface area (Å²) in [6, 6.07) is 8.14. The minimum atomic E-state index is -0.421. The van der Waals surface area contributed by atoms with Crippen LogP contribution < -0.4 is 5.56 Å². The summed E-state index contributed by atoms with van der Waals surface area (Å²) in [4.78, 5) is 29.2. The summed E-state index contributed by atoms with van der Waals surface area (Å²) in [7, 11) is 3.05. The van der Waals surface area contributed by atoms with Gasteiger partial charge in [-0.2, -0.15) is 0 Å². The van der Waals surface area contributed by atoms with E-state index in [1.165, 1.54) is 29.0 Å². The Morgan fingerprint density at radius 1 is 1.40 bits per heavy atom. The first-order valence-electron chi connectivity index (χ1n) is 8.26.